The van der Waals surface area contributed by atoms with E-state index in [2.05, 4.69) is 10.00 Å². The number of likely N-dealkylation sites (tertiary alicyclic amines) is 1. The summed E-state index contributed by atoms with van der Waals surface area (Å²) in [5.74, 6) is -0.532. The molecule has 1 saturated carbocycles. The molecule has 0 radical (unpaired) electrons. The number of hydrogen-bond donors (Lipinski definition) is 1. The Morgan fingerprint density at radius 1 is 1.26 bits per heavy atom. The molecule has 2 fully saturated rings. The third-order valence-electron chi connectivity index (χ3n) is 6.07. The molecule has 0 bridgehead atoms. The van der Waals surface area contributed by atoms with Crippen molar-refractivity contribution in [3.05, 3.63) is 59.2 Å². The van der Waals surface area contributed by atoms with Crippen molar-refractivity contribution in [2.24, 2.45) is 5.92 Å². The summed E-state index contributed by atoms with van der Waals surface area (Å²) in [4.78, 5) is 27.1. The average molecular weight is 508 g/mol. The topological polar surface area (TPSA) is 64.4 Å². The molecule has 6 nitrogen and oxygen atoms in total. The van der Waals surface area contributed by atoms with E-state index in [4.69, 9.17) is 17.4 Å². The van der Waals surface area contributed by atoms with Gasteiger partial charge in [0, 0.05) is 36.0 Å². The van der Waals surface area contributed by atoms with Crippen molar-refractivity contribution < 1.29 is 18.7 Å². The predicted molar refractivity (Wildman–Crippen MR) is 135 cm³/mol. The summed E-state index contributed by atoms with van der Waals surface area (Å²) in [6.45, 7) is 3.58. The van der Waals surface area contributed by atoms with Gasteiger partial charge in [0.25, 0.3) is 0 Å². The van der Waals surface area contributed by atoms with Crippen LogP contribution in [0.25, 0.3) is 6.08 Å². The maximum atomic E-state index is 14.7. The maximum Gasteiger partial charge on any atom is 0.327 e. The van der Waals surface area contributed by atoms with Crippen LogP contribution in [0.5, 0.6) is 0 Å². The fraction of sp³-hybridized carbons (Fsp3) is 0.480. The summed E-state index contributed by atoms with van der Waals surface area (Å²) in [5, 5.41) is 4.49. The molecule has 2 atom stereocenters. The molecule has 2 aliphatic rings. The molecule has 0 spiro atoms. The minimum absolute atomic E-state index is 0. The number of rotatable bonds is 9. The van der Waals surface area contributed by atoms with Crippen LogP contribution >= 0.6 is 25.0 Å². The van der Waals surface area contributed by atoms with E-state index in [1.165, 1.54) is 6.07 Å². The Kier molecular flexibility index (Phi) is 9.33. The smallest absolute Gasteiger partial charge is 0.327 e. The molecular weight excluding hydrogens is 477 g/mol. The number of thiol groups is 1. The largest absolute Gasteiger partial charge is 0.464 e. The van der Waals surface area contributed by atoms with Crippen LogP contribution in [0.15, 0.2) is 42.1 Å². The number of nitrogens with zero attached hydrogens (tertiary/aromatic N) is 3. The van der Waals surface area contributed by atoms with E-state index in [1.54, 1.807) is 29.1 Å². The lowest BCUT2D eigenvalue weighted by atomic mass is 9.93. The number of esters is 1. The van der Waals surface area contributed by atoms with Crippen molar-refractivity contribution in [2.45, 2.75) is 50.4 Å². The normalized spacial score (nSPS) is 20.6. The number of hydrogen-bond acceptors (Lipinski definition) is 6. The standard InChI is InChI=1S/C25H30FN3O3S.ClH/c1-2-13-32-23(30)16-29-12-9-19(27-29)14-18-15-28(11-10-22(18)33)24(25(31)17-7-8-17)20-5-3-4-6-21(20)26;/h3-6,9,12,14,17,22,24,33H,2,7-8,10-11,13,15-16H2,1H3;1H/b18-14+;. The van der Waals surface area contributed by atoms with Crippen LogP contribution in [0.3, 0.4) is 0 Å². The summed E-state index contributed by atoms with van der Waals surface area (Å²) in [7, 11) is 0. The molecule has 1 aromatic heterocycles. The quantitative estimate of drug-likeness (QED) is 0.400. The Bertz CT molecular complexity index is 1040. The van der Waals surface area contributed by atoms with E-state index >= 15 is 0 Å². The maximum absolute atomic E-state index is 14.7. The number of benzene rings is 1. The van der Waals surface area contributed by atoms with Crippen molar-refractivity contribution in [1.82, 2.24) is 14.7 Å². The van der Waals surface area contributed by atoms with E-state index in [9.17, 15) is 14.0 Å². The van der Waals surface area contributed by atoms with Gasteiger partial charge in [-0.2, -0.15) is 17.7 Å². The molecule has 1 saturated heterocycles. The van der Waals surface area contributed by atoms with Gasteiger partial charge < -0.3 is 4.74 Å². The molecule has 0 amide bonds. The van der Waals surface area contributed by atoms with Crippen molar-refractivity contribution in [1.29, 1.82) is 0 Å². The first kappa shape index (κ1) is 26.4. The SMILES string of the molecule is CCCOC(=O)Cn1ccc(/C=C2\CN(C(C(=O)C3CC3)c3ccccc3F)CCC2S)n1.Cl. The first-order valence-electron chi connectivity index (χ1n) is 11.6. The number of aromatic nitrogens is 2. The second-order valence-electron chi connectivity index (χ2n) is 8.75. The highest BCUT2D eigenvalue weighted by atomic mass is 35.5. The van der Waals surface area contributed by atoms with Crippen molar-refractivity contribution in [3.63, 3.8) is 0 Å². The molecule has 9 heteroatoms. The highest BCUT2D eigenvalue weighted by molar-refractivity contribution is 7.81. The van der Waals surface area contributed by atoms with Crippen LogP contribution in [-0.2, 0) is 20.9 Å². The molecule has 2 unspecified atom stereocenters. The summed E-state index contributed by atoms with van der Waals surface area (Å²) in [6.07, 6.45) is 6.99. The van der Waals surface area contributed by atoms with Gasteiger partial charge in [0.05, 0.1) is 18.3 Å². The van der Waals surface area contributed by atoms with E-state index in [0.29, 0.717) is 31.0 Å². The molecule has 2 aromatic rings. The molecule has 1 aliphatic heterocycles. The van der Waals surface area contributed by atoms with E-state index in [0.717, 1.165) is 31.3 Å². The Balaban J connectivity index is 0.00000324. The second kappa shape index (κ2) is 12.0. The third kappa shape index (κ3) is 6.49. The minimum Gasteiger partial charge on any atom is -0.464 e. The van der Waals surface area contributed by atoms with Gasteiger partial charge in [-0.05, 0) is 49.5 Å². The van der Waals surface area contributed by atoms with Gasteiger partial charge in [0.15, 0.2) is 5.78 Å². The molecule has 1 aromatic carbocycles. The van der Waals surface area contributed by atoms with Gasteiger partial charge in [-0.1, -0.05) is 25.1 Å². The number of carbonyl (C=O) groups is 2. The molecule has 1 aliphatic carbocycles. The number of Topliss-reactive ketones (excluding diaryl/α,β-unsaturated/α-hetero) is 1. The zero-order valence-electron chi connectivity index (χ0n) is 19.2. The van der Waals surface area contributed by atoms with Gasteiger partial charge in [0.1, 0.15) is 12.4 Å². The van der Waals surface area contributed by atoms with Crippen molar-refractivity contribution in [3.8, 4) is 0 Å². The Labute approximate surface area is 211 Å². The Hall–Kier alpha value is -2.16. The second-order valence-corrected chi connectivity index (χ2v) is 9.38. The fourth-order valence-electron chi connectivity index (χ4n) is 4.20. The lowest BCUT2D eigenvalue weighted by molar-refractivity contribution is -0.144. The first-order chi connectivity index (χ1) is 16.0. The number of halogens is 2. The first-order valence-corrected chi connectivity index (χ1v) is 12.1. The minimum atomic E-state index is -0.589. The molecule has 184 valence electrons. The van der Waals surface area contributed by atoms with Crippen LogP contribution in [-0.4, -0.2) is 51.4 Å². The van der Waals surface area contributed by atoms with Gasteiger partial charge in [-0.15, -0.1) is 12.4 Å². The number of ether oxygens (including phenoxy) is 1. The fourth-order valence-corrected chi connectivity index (χ4v) is 4.47. The van der Waals surface area contributed by atoms with Crippen LogP contribution in [0.4, 0.5) is 4.39 Å². The zero-order chi connectivity index (χ0) is 23.4. The number of carbonyl (C=O) groups excluding carboxylic acids is 2. The molecular formula is C25H31ClFN3O3S. The molecule has 4 rings (SSSR count). The molecule has 2 heterocycles. The van der Waals surface area contributed by atoms with Gasteiger partial charge >= 0.3 is 5.97 Å². The lowest BCUT2D eigenvalue weighted by Gasteiger charge is -2.37. The average Bonchev–Trinajstić information content (AvgIpc) is 3.57. The highest BCUT2D eigenvalue weighted by Crippen LogP contribution is 2.39. The summed E-state index contributed by atoms with van der Waals surface area (Å²) >= 11 is 4.75. The van der Waals surface area contributed by atoms with Crippen LogP contribution in [0.1, 0.15) is 49.9 Å². The zero-order valence-corrected chi connectivity index (χ0v) is 20.9. The van der Waals surface area contributed by atoms with Crippen molar-refractivity contribution >= 4 is 42.9 Å². The summed E-state index contributed by atoms with van der Waals surface area (Å²) in [5.41, 5.74) is 2.18. The summed E-state index contributed by atoms with van der Waals surface area (Å²) < 4.78 is 21.4. The predicted octanol–water partition coefficient (Wildman–Crippen LogP) is 4.51. The monoisotopic (exact) mass is 507 g/mol. The Morgan fingerprint density at radius 2 is 2.03 bits per heavy atom. The highest BCUT2D eigenvalue weighted by Gasteiger charge is 2.40. The lowest BCUT2D eigenvalue weighted by Crippen LogP contribution is -2.42. The molecule has 0 N–H and O–H groups in total. The van der Waals surface area contributed by atoms with E-state index < -0.39 is 6.04 Å². The van der Waals surface area contributed by atoms with Crippen molar-refractivity contribution in [2.75, 3.05) is 19.7 Å². The number of ketones is 1. The van der Waals surface area contributed by atoms with Gasteiger partial charge in [0.2, 0.25) is 0 Å². The third-order valence-corrected chi connectivity index (χ3v) is 6.66. The van der Waals surface area contributed by atoms with Gasteiger partial charge in [-0.3, -0.25) is 19.2 Å². The van der Waals surface area contributed by atoms with E-state index in [1.807, 2.05) is 19.1 Å². The van der Waals surface area contributed by atoms with Crippen LogP contribution in [0, 0.1) is 11.7 Å². The Morgan fingerprint density at radius 3 is 2.74 bits per heavy atom. The van der Waals surface area contributed by atoms with Crippen LogP contribution in [0.2, 0.25) is 0 Å². The number of piperidine rings is 1. The van der Waals surface area contributed by atoms with E-state index in [-0.39, 0.29) is 47.7 Å². The van der Waals surface area contributed by atoms with Crippen LogP contribution < -0.4 is 0 Å². The summed E-state index contributed by atoms with van der Waals surface area (Å²) in [6, 6.07) is 7.82. The van der Waals surface area contributed by atoms with Gasteiger partial charge in [-0.25, -0.2) is 4.39 Å². The molecule has 34 heavy (non-hydrogen) atoms.